The number of hydrogen-bond donors (Lipinski definition) is 0. The van der Waals surface area contributed by atoms with Crippen LogP contribution in [-0.2, 0) is 11.3 Å². The third-order valence-corrected chi connectivity index (χ3v) is 1.98. The van der Waals surface area contributed by atoms with Crippen molar-refractivity contribution >= 4 is 16.7 Å². The van der Waals surface area contributed by atoms with Crippen LogP contribution >= 0.6 is 0 Å². The Balaban J connectivity index is 2.55. The van der Waals surface area contributed by atoms with Crippen molar-refractivity contribution in [3.05, 3.63) is 30.2 Å². The van der Waals surface area contributed by atoms with Gasteiger partial charge in [0.05, 0.1) is 18.3 Å². The molecular formula is C10H9FN2O. The molecule has 0 N–H and O–H groups in total. The van der Waals surface area contributed by atoms with Gasteiger partial charge in [0.25, 0.3) is 0 Å². The van der Waals surface area contributed by atoms with Crippen LogP contribution in [0.5, 0.6) is 0 Å². The highest BCUT2D eigenvalue weighted by atomic mass is 19.1. The molecule has 3 nitrogen and oxygen atoms in total. The van der Waals surface area contributed by atoms with E-state index in [2.05, 4.69) is 5.10 Å². The van der Waals surface area contributed by atoms with Crippen molar-refractivity contribution in [3.63, 3.8) is 0 Å². The van der Waals surface area contributed by atoms with Gasteiger partial charge in [0.15, 0.2) is 5.78 Å². The van der Waals surface area contributed by atoms with Crippen LogP contribution in [0.4, 0.5) is 4.39 Å². The monoisotopic (exact) mass is 192 g/mol. The van der Waals surface area contributed by atoms with Gasteiger partial charge in [-0.15, -0.1) is 0 Å². The summed E-state index contributed by atoms with van der Waals surface area (Å²) < 4.78 is 14.4. The summed E-state index contributed by atoms with van der Waals surface area (Å²) in [6.45, 7) is 1.67. The molecule has 2 aromatic rings. The molecule has 72 valence electrons. The summed E-state index contributed by atoms with van der Waals surface area (Å²) in [6, 6.07) is 4.40. The molecule has 14 heavy (non-hydrogen) atoms. The second-order valence-electron chi connectivity index (χ2n) is 3.21. The number of Topliss-reactive ketones (excluding diaryl/α,β-unsaturated/α-hetero) is 1. The SMILES string of the molecule is CC(=O)Cn1ncc2ccc(F)cc21. The van der Waals surface area contributed by atoms with Crippen LogP contribution in [0.1, 0.15) is 6.92 Å². The lowest BCUT2D eigenvalue weighted by Gasteiger charge is -1.99. The van der Waals surface area contributed by atoms with E-state index in [0.29, 0.717) is 5.52 Å². The molecule has 1 aromatic heterocycles. The van der Waals surface area contributed by atoms with E-state index in [1.54, 1.807) is 12.3 Å². The van der Waals surface area contributed by atoms with Gasteiger partial charge < -0.3 is 0 Å². The Bertz CT molecular complexity index is 490. The highest BCUT2D eigenvalue weighted by Gasteiger charge is 2.04. The van der Waals surface area contributed by atoms with E-state index in [9.17, 15) is 9.18 Å². The molecule has 0 bridgehead atoms. The normalized spacial score (nSPS) is 10.7. The average molecular weight is 192 g/mol. The first-order valence-corrected chi connectivity index (χ1v) is 4.27. The van der Waals surface area contributed by atoms with Crippen LogP contribution in [0, 0.1) is 5.82 Å². The van der Waals surface area contributed by atoms with Gasteiger partial charge >= 0.3 is 0 Å². The molecule has 0 amide bonds. The lowest BCUT2D eigenvalue weighted by Crippen LogP contribution is -2.07. The first-order chi connectivity index (χ1) is 6.66. The minimum Gasteiger partial charge on any atom is -0.298 e. The van der Waals surface area contributed by atoms with E-state index >= 15 is 0 Å². The van der Waals surface area contributed by atoms with E-state index in [1.165, 1.54) is 23.7 Å². The van der Waals surface area contributed by atoms with E-state index in [-0.39, 0.29) is 18.1 Å². The molecule has 1 heterocycles. The Kier molecular flexibility index (Phi) is 2.04. The number of fused-ring (bicyclic) bond motifs is 1. The molecule has 0 aliphatic heterocycles. The van der Waals surface area contributed by atoms with Crippen molar-refractivity contribution in [1.82, 2.24) is 9.78 Å². The predicted octanol–water partition coefficient (Wildman–Crippen LogP) is 1.76. The molecule has 0 radical (unpaired) electrons. The second kappa shape index (κ2) is 3.21. The third-order valence-electron chi connectivity index (χ3n) is 1.98. The van der Waals surface area contributed by atoms with Crippen LogP contribution in [-0.4, -0.2) is 15.6 Å². The Morgan fingerprint density at radius 2 is 2.36 bits per heavy atom. The topological polar surface area (TPSA) is 34.9 Å². The van der Waals surface area contributed by atoms with Gasteiger partial charge in [-0.1, -0.05) is 0 Å². The fraction of sp³-hybridized carbons (Fsp3) is 0.200. The summed E-state index contributed by atoms with van der Waals surface area (Å²) >= 11 is 0. The molecule has 0 unspecified atom stereocenters. The maximum absolute atomic E-state index is 12.9. The van der Waals surface area contributed by atoms with Crippen molar-refractivity contribution in [2.75, 3.05) is 0 Å². The molecule has 0 fully saturated rings. The van der Waals surface area contributed by atoms with Crippen LogP contribution in [0.25, 0.3) is 10.9 Å². The van der Waals surface area contributed by atoms with Gasteiger partial charge in [-0.25, -0.2) is 4.39 Å². The standard InChI is InChI=1S/C10H9FN2O/c1-7(14)6-13-10-4-9(11)3-2-8(10)5-12-13/h2-5H,6H2,1H3. The predicted molar refractivity (Wildman–Crippen MR) is 50.4 cm³/mol. The van der Waals surface area contributed by atoms with E-state index < -0.39 is 0 Å². The minimum absolute atomic E-state index is 0.000684. The van der Waals surface area contributed by atoms with Crippen LogP contribution in [0.15, 0.2) is 24.4 Å². The lowest BCUT2D eigenvalue weighted by molar-refractivity contribution is -0.117. The number of nitrogens with zero attached hydrogens (tertiary/aromatic N) is 2. The largest absolute Gasteiger partial charge is 0.298 e. The summed E-state index contributed by atoms with van der Waals surface area (Å²) in [5.41, 5.74) is 0.653. The van der Waals surface area contributed by atoms with Crippen molar-refractivity contribution < 1.29 is 9.18 Å². The summed E-state index contributed by atoms with van der Waals surface area (Å²) in [6.07, 6.45) is 1.62. The highest BCUT2D eigenvalue weighted by molar-refractivity contribution is 5.81. The van der Waals surface area contributed by atoms with E-state index in [1.807, 2.05) is 0 Å². The van der Waals surface area contributed by atoms with Gasteiger partial charge in [0.1, 0.15) is 5.82 Å². The van der Waals surface area contributed by atoms with Crippen LogP contribution in [0.2, 0.25) is 0 Å². The molecule has 0 aliphatic carbocycles. The smallest absolute Gasteiger partial charge is 0.151 e. The minimum atomic E-state index is -0.317. The Labute approximate surface area is 80.1 Å². The molecular weight excluding hydrogens is 183 g/mol. The Morgan fingerprint density at radius 1 is 1.57 bits per heavy atom. The van der Waals surface area contributed by atoms with Crippen molar-refractivity contribution in [1.29, 1.82) is 0 Å². The van der Waals surface area contributed by atoms with Gasteiger partial charge in [-0.3, -0.25) is 9.48 Å². The lowest BCUT2D eigenvalue weighted by atomic mass is 10.2. The number of aromatic nitrogens is 2. The van der Waals surface area contributed by atoms with Gasteiger partial charge in [-0.2, -0.15) is 5.10 Å². The quantitative estimate of drug-likeness (QED) is 0.726. The molecule has 0 saturated heterocycles. The van der Waals surface area contributed by atoms with Crippen LogP contribution < -0.4 is 0 Å². The summed E-state index contributed by atoms with van der Waals surface area (Å²) in [7, 11) is 0. The van der Waals surface area contributed by atoms with Crippen molar-refractivity contribution in [3.8, 4) is 0 Å². The molecule has 1 aromatic carbocycles. The highest BCUT2D eigenvalue weighted by Crippen LogP contribution is 2.14. The average Bonchev–Trinajstić information content (AvgIpc) is 2.47. The zero-order valence-corrected chi connectivity index (χ0v) is 7.70. The van der Waals surface area contributed by atoms with Gasteiger partial charge in [0.2, 0.25) is 0 Å². The zero-order valence-electron chi connectivity index (χ0n) is 7.70. The molecule has 0 saturated carbocycles. The number of hydrogen-bond acceptors (Lipinski definition) is 2. The number of carbonyl (C=O) groups is 1. The van der Waals surface area contributed by atoms with Gasteiger partial charge in [0, 0.05) is 5.39 Å². The molecule has 0 aliphatic rings. The van der Waals surface area contributed by atoms with E-state index in [4.69, 9.17) is 0 Å². The summed E-state index contributed by atoms with van der Waals surface area (Å²) in [4.78, 5) is 10.9. The first-order valence-electron chi connectivity index (χ1n) is 4.27. The first kappa shape index (κ1) is 8.87. The number of rotatable bonds is 2. The number of halogens is 1. The second-order valence-corrected chi connectivity index (χ2v) is 3.21. The maximum atomic E-state index is 12.9. The summed E-state index contributed by atoms with van der Waals surface area (Å²) in [5.74, 6) is -0.318. The fourth-order valence-electron chi connectivity index (χ4n) is 1.38. The molecule has 0 atom stereocenters. The Morgan fingerprint density at radius 3 is 3.07 bits per heavy atom. The fourth-order valence-corrected chi connectivity index (χ4v) is 1.38. The number of carbonyl (C=O) groups excluding carboxylic acids is 1. The number of benzene rings is 1. The Hall–Kier alpha value is -1.71. The van der Waals surface area contributed by atoms with Gasteiger partial charge in [-0.05, 0) is 25.1 Å². The van der Waals surface area contributed by atoms with E-state index in [0.717, 1.165) is 5.39 Å². The zero-order chi connectivity index (χ0) is 10.1. The molecule has 2 rings (SSSR count). The number of ketones is 1. The molecule has 4 heteroatoms. The summed E-state index contributed by atoms with van der Waals surface area (Å²) in [5, 5.41) is 4.85. The van der Waals surface area contributed by atoms with Crippen molar-refractivity contribution in [2.45, 2.75) is 13.5 Å². The van der Waals surface area contributed by atoms with Crippen LogP contribution in [0.3, 0.4) is 0 Å². The third kappa shape index (κ3) is 1.51. The van der Waals surface area contributed by atoms with Crippen molar-refractivity contribution in [2.24, 2.45) is 0 Å². The maximum Gasteiger partial charge on any atom is 0.151 e. The molecule has 0 spiro atoms.